The molecule has 2 saturated heterocycles. The minimum Gasteiger partial charge on any atom is -0.368 e. The molecule has 212 valence electrons. The Morgan fingerprint density at radius 2 is 1.87 bits per heavy atom. The Labute approximate surface area is 216 Å². The molecule has 4 amide bonds. The van der Waals surface area contributed by atoms with Gasteiger partial charge in [0.15, 0.2) is 0 Å². The van der Waals surface area contributed by atoms with Crippen molar-refractivity contribution in [3.8, 4) is 6.07 Å². The number of fused-ring (bicyclic) bond motifs is 1. The van der Waals surface area contributed by atoms with Crippen molar-refractivity contribution in [2.24, 2.45) is 34.8 Å². The van der Waals surface area contributed by atoms with E-state index in [-0.39, 0.29) is 6.42 Å². The SMILES string of the molecule is CC(C)(C)[C@H](NC(=O)C(F)(F)F)C(=O)N1CC2CC(F)(F)CC2C1(C(N)=O)[C@@H](C#N)C[C@@H]1CCCNC1=O. The van der Waals surface area contributed by atoms with Crippen molar-refractivity contribution in [1.29, 1.82) is 5.26 Å². The molecule has 1 saturated carbocycles. The molecular weight excluding hydrogens is 517 g/mol. The second-order valence-electron chi connectivity index (χ2n) is 11.6. The van der Waals surface area contributed by atoms with E-state index in [1.165, 1.54) is 20.8 Å². The molecule has 38 heavy (non-hydrogen) atoms. The van der Waals surface area contributed by atoms with E-state index in [1.807, 2.05) is 6.07 Å². The molecule has 3 unspecified atom stereocenters. The van der Waals surface area contributed by atoms with Gasteiger partial charge in [-0.15, -0.1) is 0 Å². The predicted molar refractivity (Wildman–Crippen MR) is 122 cm³/mol. The van der Waals surface area contributed by atoms with Gasteiger partial charge in [0.2, 0.25) is 23.6 Å². The first-order valence-corrected chi connectivity index (χ1v) is 12.4. The first kappa shape index (κ1) is 29.6. The van der Waals surface area contributed by atoms with Crippen LogP contribution in [-0.2, 0) is 19.2 Å². The summed E-state index contributed by atoms with van der Waals surface area (Å²) in [4.78, 5) is 52.2. The largest absolute Gasteiger partial charge is 0.471 e. The van der Waals surface area contributed by atoms with Gasteiger partial charge in [-0.05, 0) is 30.6 Å². The lowest BCUT2D eigenvalue weighted by Crippen LogP contribution is -2.68. The van der Waals surface area contributed by atoms with Crippen molar-refractivity contribution in [3.05, 3.63) is 0 Å². The Balaban J connectivity index is 2.12. The maximum atomic E-state index is 14.6. The zero-order valence-corrected chi connectivity index (χ0v) is 21.3. The highest BCUT2D eigenvalue weighted by Gasteiger charge is 2.69. The number of piperidine rings is 1. The molecule has 2 aliphatic heterocycles. The molecule has 2 heterocycles. The number of hydrogen-bond donors (Lipinski definition) is 3. The second kappa shape index (κ2) is 9.96. The highest BCUT2D eigenvalue weighted by Crippen LogP contribution is 2.57. The van der Waals surface area contributed by atoms with Crippen LogP contribution in [0.1, 0.15) is 52.9 Å². The van der Waals surface area contributed by atoms with Crippen molar-refractivity contribution in [3.63, 3.8) is 0 Å². The molecule has 1 aliphatic carbocycles. The predicted octanol–water partition coefficient (Wildman–Crippen LogP) is 1.86. The number of carbonyl (C=O) groups is 4. The van der Waals surface area contributed by atoms with Crippen molar-refractivity contribution >= 4 is 23.6 Å². The van der Waals surface area contributed by atoms with E-state index in [0.29, 0.717) is 19.4 Å². The third-order valence-corrected chi connectivity index (χ3v) is 7.99. The van der Waals surface area contributed by atoms with Gasteiger partial charge in [-0.3, -0.25) is 19.2 Å². The van der Waals surface area contributed by atoms with Crippen LogP contribution < -0.4 is 16.4 Å². The first-order valence-electron chi connectivity index (χ1n) is 12.4. The van der Waals surface area contributed by atoms with Crippen LogP contribution in [0.25, 0.3) is 0 Å². The molecule has 0 aromatic heterocycles. The summed E-state index contributed by atoms with van der Waals surface area (Å²) in [5.74, 6) is -12.9. The lowest BCUT2D eigenvalue weighted by molar-refractivity contribution is -0.176. The molecule has 0 bridgehead atoms. The normalized spacial score (nSPS) is 30.6. The lowest BCUT2D eigenvalue weighted by atomic mass is 9.68. The minimum absolute atomic E-state index is 0.265. The average molecular weight is 550 g/mol. The summed E-state index contributed by atoms with van der Waals surface area (Å²) in [5.41, 5.74) is 2.17. The molecule has 0 radical (unpaired) electrons. The molecule has 3 fully saturated rings. The van der Waals surface area contributed by atoms with Crippen LogP contribution in [0.2, 0.25) is 0 Å². The number of nitrogens with two attached hydrogens (primary N) is 1. The molecule has 0 aromatic carbocycles. The van der Waals surface area contributed by atoms with Crippen molar-refractivity contribution in [2.75, 3.05) is 13.1 Å². The van der Waals surface area contributed by atoms with Gasteiger partial charge in [0, 0.05) is 37.8 Å². The van der Waals surface area contributed by atoms with E-state index in [4.69, 9.17) is 5.73 Å². The second-order valence-corrected chi connectivity index (χ2v) is 11.6. The number of likely N-dealkylation sites (tertiary alicyclic amines) is 1. The summed E-state index contributed by atoms with van der Waals surface area (Å²) >= 11 is 0. The minimum atomic E-state index is -5.32. The number of halogens is 5. The third-order valence-electron chi connectivity index (χ3n) is 7.99. The summed E-state index contributed by atoms with van der Waals surface area (Å²) in [6.45, 7) is 4.10. The molecule has 4 N–H and O–H groups in total. The molecule has 9 nitrogen and oxygen atoms in total. The number of carbonyl (C=O) groups excluding carboxylic acids is 4. The van der Waals surface area contributed by atoms with Crippen LogP contribution in [0.15, 0.2) is 0 Å². The number of amides is 4. The zero-order chi connectivity index (χ0) is 28.8. The van der Waals surface area contributed by atoms with E-state index < -0.39 is 95.8 Å². The number of rotatable bonds is 6. The van der Waals surface area contributed by atoms with Crippen LogP contribution >= 0.6 is 0 Å². The monoisotopic (exact) mass is 549 g/mol. The molecule has 6 atom stereocenters. The molecule has 0 aromatic rings. The number of alkyl halides is 5. The van der Waals surface area contributed by atoms with Crippen molar-refractivity contribution in [1.82, 2.24) is 15.5 Å². The topological polar surface area (TPSA) is 145 Å². The maximum absolute atomic E-state index is 14.6. The summed E-state index contributed by atoms with van der Waals surface area (Å²) in [7, 11) is 0. The van der Waals surface area contributed by atoms with Gasteiger partial charge < -0.3 is 21.3 Å². The fraction of sp³-hybridized carbons (Fsp3) is 0.792. The number of nitrogens with zero attached hydrogens (tertiary/aromatic N) is 2. The molecule has 3 rings (SSSR count). The van der Waals surface area contributed by atoms with Crippen LogP contribution in [0.3, 0.4) is 0 Å². The summed E-state index contributed by atoms with van der Waals surface area (Å²) < 4.78 is 68.4. The smallest absolute Gasteiger partial charge is 0.368 e. The Morgan fingerprint density at radius 1 is 1.24 bits per heavy atom. The standard InChI is InChI=1S/C24H32F5N5O4/c1-21(2,3)16(33-20(38)24(27,28)29)18(36)34-11-13-8-22(25,26)9-15(13)23(34,19(31)37)14(10-30)7-12-5-4-6-32-17(12)35/h12-16H,4-9,11H2,1-3H3,(H2,31,37)(H,32,35)(H,33,38)/t12-,13?,14+,15?,16+,23?/m0/s1. The molecule has 14 heteroatoms. The van der Waals surface area contributed by atoms with E-state index in [2.05, 4.69) is 5.32 Å². The molecule has 0 spiro atoms. The molecular formula is C24H32F5N5O4. The maximum Gasteiger partial charge on any atom is 0.471 e. The summed E-state index contributed by atoms with van der Waals surface area (Å²) in [5, 5.41) is 14.5. The Kier molecular flexibility index (Phi) is 7.75. The number of primary amides is 1. The Hall–Kier alpha value is -2.98. The first-order chi connectivity index (χ1) is 17.4. The molecule has 3 aliphatic rings. The van der Waals surface area contributed by atoms with E-state index >= 15 is 0 Å². The zero-order valence-electron chi connectivity index (χ0n) is 21.3. The van der Waals surface area contributed by atoms with Gasteiger partial charge in [-0.2, -0.15) is 18.4 Å². The van der Waals surface area contributed by atoms with Gasteiger partial charge in [-0.1, -0.05) is 20.8 Å². The fourth-order valence-electron chi connectivity index (χ4n) is 6.29. The number of nitriles is 1. The van der Waals surface area contributed by atoms with E-state index in [1.54, 1.807) is 5.32 Å². The Morgan fingerprint density at radius 3 is 2.37 bits per heavy atom. The highest BCUT2D eigenvalue weighted by atomic mass is 19.4. The number of hydrogen-bond acceptors (Lipinski definition) is 5. The quantitative estimate of drug-likeness (QED) is 0.433. The van der Waals surface area contributed by atoms with Crippen molar-refractivity contribution in [2.45, 2.75) is 76.6 Å². The third kappa shape index (κ3) is 5.29. The van der Waals surface area contributed by atoms with Crippen LogP contribution in [0, 0.1) is 40.4 Å². The number of nitrogens with one attached hydrogen (secondary N) is 2. The summed E-state index contributed by atoms with van der Waals surface area (Å²) in [6, 6.07) is 0.0878. The Bertz CT molecular complexity index is 1040. The van der Waals surface area contributed by atoms with Gasteiger partial charge in [0.25, 0.3) is 0 Å². The summed E-state index contributed by atoms with van der Waals surface area (Å²) in [6.07, 6.45) is -6.25. The van der Waals surface area contributed by atoms with Gasteiger partial charge in [-0.25, -0.2) is 8.78 Å². The fourth-order valence-corrected chi connectivity index (χ4v) is 6.29. The highest BCUT2D eigenvalue weighted by molar-refractivity contribution is 5.96. The lowest BCUT2D eigenvalue weighted by Gasteiger charge is -2.46. The average Bonchev–Trinajstić information content (AvgIpc) is 3.25. The van der Waals surface area contributed by atoms with Crippen LogP contribution in [0.4, 0.5) is 22.0 Å². The van der Waals surface area contributed by atoms with Gasteiger partial charge in [0.1, 0.15) is 11.6 Å². The van der Waals surface area contributed by atoms with Crippen LogP contribution in [0.5, 0.6) is 0 Å². The van der Waals surface area contributed by atoms with Crippen LogP contribution in [-0.4, -0.2) is 65.3 Å². The van der Waals surface area contributed by atoms with Gasteiger partial charge in [0.05, 0.1) is 12.0 Å². The van der Waals surface area contributed by atoms with Gasteiger partial charge >= 0.3 is 12.1 Å². The van der Waals surface area contributed by atoms with E-state index in [0.717, 1.165) is 4.90 Å². The van der Waals surface area contributed by atoms with Crippen molar-refractivity contribution < 1.29 is 41.1 Å². The van der Waals surface area contributed by atoms with E-state index in [9.17, 15) is 46.4 Å².